The Labute approximate surface area is 104 Å². The van der Waals surface area contributed by atoms with E-state index in [1.807, 2.05) is 13.8 Å². The van der Waals surface area contributed by atoms with Crippen LogP contribution in [0.4, 0.5) is 0 Å². The van der Waals surface area contributed by atoms with Crippen LogP contribution in [0.15, 0.2) is 0 Å². The van der Waals surface area contributed by atoms with Gasteiger partial charge in [-0.05, 0) is 39.2 Å². The minimum atomic E-state index is -0.648. The zero-order valence-corrected chi connectivity index (χ0v) is 11.5. The molecule has 4 nitrogen and oxygen atoms in total. The van der Waals surface area contributed by atoms with Gasteiger partial charge >= 0.3 is 0 Å². The molecule has 100 valence electrons. The van der Waals surface area contributed by atoms with E-state index in [-0.39, 0.29) is 11.9 Å². The van der Waals surface area contributed by atoms with Crippen LogP contribution in [-0.2, 0) is 4.79 Å². The lowest BCUT2D eigenvalue weighted by Gasteiger charge is -2.39. The molecule has 1 fully saturated rings. The van der Waals surface area contributed by atoms with Crippen molar-refractivity contribution in [3.05, 3.63) is 0 Å². The monoisotopic (exact) mass is 242 g/mol. The molecule has 1 aliphatic rings. The average molecular weight is 242 g/mol. The van der Waals surface area contributed by atoms with Gasteiger partial charge in [0, 0.05) is 13.1 Å². The first-order chi connectivity index (χ1) is 7.82. The number of piperidine rings is 1. The number of likely N-dealkylation sites (tertiary alicyclic amines) is 1. The van der Waals surface area contributed by atoms with E-state index in [0.717, 1.165) is 19.4 Å². The molecule has 0 aromatic rings. The van der Waals surface area contributed by atoms with Crippen LogP contribution in [0.5, 0.6) is 0 Å². The predicted octanol–water partition coefficient (Wildman–Crippen LogP) is 0.994. The van der Waals surface area contributed by atoms with Gasteiger partial charge in [0.15, 0.2) is 0 Å². The number of hydrogen-bond acceptors (Lipinski definition) is 3. The number of nitrogens with one attached hydrogen (secondary N) is 1. The SMILES string of the molecule is CC(C)CNC(=O)C(C)N1CCCC(C)(O)C1. The van der Waals surface area contributed by atoms with Gasteiger partial charge in [-0.3, -0.25) is 9.69 Å². The number of carbonyl (C=O) groups is 1. The van der Waals surface area contributed by atoms with Crippen molar-refractivity contribution in [2.75, 3.05) is 19.6 Å². The van der Waals surface area contributed by atoms with Crippen molar-refractivity contribution in [2.45, 2.75) is 52.2 Å². The fourth-order valence-electron chi connectivity index (χ4n) is 2.21. The molecular formula is C13H26N2O2. The van der Waals surface area contributed by atoms with Crippen LogP contribution in [0.25, 0.3) is 0 Å². The third kappa shape index (κ3) is 4.64. The predicted molar refractivity (Wildman–Crippen MR) is 68.7 cm³/mol. The molecule has 0 radical (unpaired) electrons. The van der Waals surface area contributed by atoms with Crippen LogP contribution in [0, 0.1) is 5.92 Å². The zero-order valence-electron chi connectivity index (χ0n) is 11.5. The zero-order chi connectivity index (χ0) is 13.1. The van der Waals surface area contributed by atoms with Crippen molar-refractivity contribution in [3.63, 3.8) is 0 Å². The second-order valence-electron chi connectivity index (χ2n) is 5.89. The molecule has 1 heterocycles. The maximum absolute atomic E-state index is 11.9. The molecule has 0 saturated carbocycles. The standard InChI is InChI=1S/C13H26N2O2/c1-10(2)8-14-12(16)11(3)15-7-5-6-13(4,17)9-15/h10-11,17H,5-9H2,1-4H3,(H,14,16). The van der Waals surface area contributed by atoms with Crippen molar-refractivity contribution < 1.29 is 9.90 Å². The van der Waals surface area contributed by atoms with Gasteiger partial charge in [-0.2, -0.15) is 0 Å². The molecule has 2 N–H and O–H groups in total. The Morgan fingerprint density at radius 2 is 2.12 bits per heavy atom. The molecule has 0 aliphatic carbocycles. The Bertz CT molecular complexity index is 264. The fraction of sp³-hybridized carbons (Fsp3) is 0.923. The van der Waals surface area contributed by atoms with E-state index in [0.29, 0.717) is 19.0 Å². The highest BCUT2D eigenvalue weighted by Crippen LogP contribution is 2.21. The Hall–Kier alpha value is -0.610. The number of amides is 1. The van der Waals surface area contributed by atoms with Crippen molar-refractivity contribution in [2.24, 2.45) is 5.92 Å². The summed E-state index contributed by atoms with van der Waals surface area (Å²) >= 11 is 0. The highest BCUT2D eigenvalue weighted by molar-refractivity contribution is 5.81. The van der Waals surface area contributed by atoms with Crippen LogP contribution in [0.2, 0.25) is 0 Å². The Kier molecular flexibility index (Phi) is 4.95. The molecule has 4 heteroatoms. The van der Waals surface area contributed by atoms with Crippen molar-refractivity contribution in [3.8, 4) is 0 Å². The van der Waals surface area contributed by atoms with E-state index < -0.39 is 5.60 Å². The van der Waals surface area contributed by atoms with Gasteiger partial charge < -0.3 is 10.4 Å². The van der Waals surface area contributed by atoms with E-state index in [2.05, 4.69) is 24.1 Å². The summed E-state index contributed by atoms with van der Waals surface area (Å²) in [6.45, 7) is 10.1. The minimum absolute atomic E-state index is 0.0661. The van der Waals surface area contributed by atoms with Gasteiger partial charge in [0.2, 0.25) is 5.91 Å². The number of hydrogen-bond donors (Lipinski definition) is 2. The molecule has 2 unspecified atom stereocenters. The Balaban J connectivity index is 2.45. The molecule has 0 aromatic heterocycles. The molecule has 1 rings (SSSR count). The highest BCUT2D eigenvalue weighted by atomic mass is 16.3. The first kappa shape index (κ1) is 14.5. The van der Waals surface area contributed by atoms with Crippen LogP contribution in [-0.4, -0.2) is 47.2 Å². The van der Waals surface area contributed by atoms with E-state index in [4.69, 9.17) is 0 Å². The summed E-state index contributed by atoms with van der Waals surface area (Å²) in [5, 5.41) is 13.0. The maximum atomic E-state index is 11.9. The van der Waals surface area contributed by atoms with Crippen LogP contribution >= 0.6 is 0 Å². The summed E-state index contributed by atoms with van der Waals surface area (Å²) in [6.07, 6.45) is 1.78. The number of β-amino-alcohol motifs (C(OH)–C–C–N with tert-alkyl or cyclic N) is 1. The van der Waals surface area contributed by atoms with E-state index in [1.165, 1.54) is 0 Å². The summed E-state index contributed by atoms with van der Waals surface area (Å²) in [7, 11) is 0. The Morgan fingerprint density at radius 3 is 2.65 bits per heavy atom. The fourth-order valence-corrected chi connectivity index (χ4v) is 2.21. The molecule has 0 aromatic carbocycles. The number of carbonyl (C=O) groups excluding carboxylic acids is 1. The summed E-state index contributed by atoms with van der Waals surface area (Å²) in [6, 6.07) is -0.152. The molecule has 2 atom stereocenters. The quantitative estimate of drug-likeness (QED) is 0.773. The number of nitrogens with zero attached hydrogens (tertiary/aromatic N) is 1. The minimum Gasteiger partial charge on any atom is -0.389 e. The lowest BCUT2D eigenvalue weighted by molar-refractivity contribution is -0.128. The third-order valence-electron chi connectivity index (χ3n) is 3.32. The van der Waals surface area contributed by atoms with Gasteiger partial charge in [-0.15, -0.1) is 0 Å². The van der Waals surface area contributed by atoms with Crippen molar-refractivity contribution in [1.82, 2.24) is 10.2 Å². The van der Waals surface area contributed by atoms with Gasteiger partial charge in [0.05, 0.1) is 11.6 Å². The van der Waals surface area contributed by atoms with Gasteiger partial charge in [-0.1, -0.05) is 13.8 Å². The van der Waals surface area contributed by atoms with Gasteiger partial charge in [-0.25, -0.2) is 0 Å². The summed E-state index contributed by atoms with van der Waals surface area (Å²) in [5.74, 6) is 0.534. The smallest absolute Gasteiger partial charge is 0.237 e. The highest BCUT2D eigenvalue weighted by Gasteiger charge is 2.32. The molecule has 1 saturated heterocycles. The molecule has 0 bridgehead atoms. The van der Waals surface area contributed by atoms with Crippen molar-refractivity contribution >= 4 is 5.91 Å². The van der Waals surface area contributed by atoms with Crippen LogP contribution in [0.1, 0.15) is 40.5 Å². The lowest BCUT2D eigenvalue weighted by Crippen LogP contribution is -2.54. The second kappa shape index (κ2) is 5.83. The molecular weight excluding hydrogens is 216 g/mol. The summed E-state index contributed by atoms with van der Waals surface area (Å²) in [5.41, 5.74) is -0.648. The number of aliphatic hydroxyl groups is 1. The molecule has 17 heavy (non-hydrogen) atoms. The van der Waals surface area contributed by atoms with Crippen molar-refractivity contribution in [1.29, 1.82) is 0 Å². The van der Waals surface area contributed by atoms with Crippen LogP contribution < -0.4 is 5.32 Å². The first-order valence-electron chi connectivity index (χ1n) is 6.56. The van der Waals surface area contributed by atoms with E-state index in [1.54, 1.807) is 0 Å². The average Bonchev–Trinajstić information content (AvgIpc) is 2.23. The molecule has 1 amide bonds. The van der Waals surface area contributed by atoms with Gasteiger partial charge in [0.1, 0.15) is 0 Å². The summed E-state index contributed by atoms with van der Waals surface area (Å²) < 4.78 is 0. The summed E-state index contributed by atoms with van der Waals surface area (Å²) in [4.78, 5) is 14.0. The first-order valence-corrected chi connectivity index (χ1v) is 6.56. The second-order valence-corrected chi connectivity index (χ2v) is 5.89. The van der Waals surface area contributed by atoms with Gasteiger partial charge in [0.25, 0.3) is 0 Å². The normalized spacial score (nSPS) is 28.1. The topological polar surface area (TPSA) is 52.6 Å². The Morgan fingerprint density at radius 1 is 1.47 bits per heavy atom. The maximum Gasteiger partial charge on any atom is 0.237 e. The van der Waals surface area contributed by atoms with E-state index >= 15 is 0 Å². The van der Waals surface area contributed by atoms with E-state index in [9.17, 15) is 9.90 Å². The third-order valence-corrected chi connectivity index (χ3v) is 3.32. The largest absolute Gasteiger partial charge is 0.389 e. The van der Waals surface area contributed by atoms with Crippen LogP contribution in [0.3, 0.4) is 0 Å². The molecule has 0 spiro atoms. The molecule has 1 aliphatic heterocycles. The lowest BCUT2D eigenvalue weighted by atomic mass is 9.94. The number of rotatable bonds is 4.